The van der Waals surface area contributed by atoms with E-state index in [2.05, 4.69) is 60.6 Å². The first-order valence-corrected chi connectivity index (χ1v) is 13.5. The fraction of sp³-hybridized carbons (Fsp3) is 0.833. The number of fused-ring (bicyclic) bond motifs is 2. The molecule has 0 aromatic carbocycles. The van der Waals surface area contributed by atoms with E-state index in [1.54, 1.807) is 0 Å². The summed E-state index contributed by atoms with van der Waals surface area (Å²) in [7, 11) is 0. The Morgan fingerprint density at radius 1 is 1.06 bits per heavy atom. The van der Waals surface area contributed by atoms with Crippen molar-refractivity contribution in [2.75, 3.05) is 0 Å². The van der Waals surface area contributed by atoms with E-state index in [0.29, 0.717) is 22.2 Å². The Bertz CT molecular complexity index is 891. The molecule has 0 aliphatic heterocycles. The molecule has 0 unspecified atom stereocenters. The normalized spacial score (nSPS) is 49.2. The molecular weight excluding hydrogens is 392 g/mol. The first kappa shape index (κ1) is 22.7. The summed E-state index contributed by atoms with van der Waals surface area (Å²) in [5.41, 5.74) is 2.25. The molecule has 2 heteroatoms. The lowest BCUT2D eigenvalue weighted by molar-refractivity contribution is -0.145. The summed E-state index contributed by atoms with van der Waals surface area (Å²) in [5, 5.41) is 10.7. The molecule has 178 valence electrons. The number of Topliss-reactive ketones (excluding diaryl/α,β-unsaturated/α-hetero) is 1. The minimum atomic E-state index is -0.424. The maximum atomic E-state index is 12.8. The van der Waals surface area contributed by atoms with Crippen LogP contribution < -0.4 is 0 Å². The highest BCUT2D eigenvalue weighted by atomic mass is 16.3. The van der Waals surface area contributed by atoms with Crippen molar-refractivity contribution in [2.45, 2.75) is 106 Å². The van der Waals surface area contributed by atoms with Crippen LogP contribution in [0.15, 0.2) is 23.5 Å². The van der Waals surface area contributed by atoms with Gasteiger partial charge in [-0.15, -0.1) is 0 Å². The van der Waals surface area contributed by atoms with E-state index in [0.717, 1.165) is 24.2 Å². The Labute approximate surface area is 196 Å². The van der Waals surface area contributed by atoms with Gasteiger partial charge >= 0.3 is 0 Å². The van der Waals surface area contributed by atoms with Crippen LogP contribution in [0, 0.1) is 50.7 Å². The Kier molecular flexibility index (Phi) is 4.80. The maximum Gasteiger partial charge on any atom is 0.202 e. The SMILES string of the molecule is CC(C)=CCC[C@@H](C)[C@H]1CC[C@@]2(C)[C@@H]3CC[C@H]4C(C)(C)C(=O)C(O)=C[C@@]45C[C@@]35CC[C@]12C. The summed E-state index contributed by atoms with van der Waals surface area (Å²) in [5.74, 6) is 2.81. The third-order valence-corrected chi connectivity index (χ3v) is 12.3. The van der Waals surface area contributed by atoms with Crippen molar-refractivity contribution in [1.29, 1.82) is 0 Å². The second kappa shape index (κ2) is 6.76. The third kappa shape index (κ3) is 2.56. The Hall–Kier alpha value is -1.05. The fourth-order valence-corrected chi connectivity index (χ4v) is 10.5. The molecule has 0 radical (unpaired) electrons. The molecule has 0 bridgehead atoms. The van der Waals surface area contributed by atoms with Gasteiger partial charge in [0.1, 0.15) is 0 Å². The van der Waals surface area contributed by atoms with Gasteiger partial charge in [0.05, 0.1) is 0 Å². The van der Waals surface area contributed by atoms with Crippen LogP contribution in [-0.2, 0) is 4.79 Å². The molecule has 5 aliphatic rings. The van der Waals surface area contributed by atoms with E-state index in [1.165, 1.54) is 56.9 Å². The second-order valence-corrected chi connectivity index (χ2v) is 14.0. The zero-order valence-electron chi connectivity index (χ0n) is 21.7. The molecule has 8 atom stereocenters. The summed E-state index contributed by atoms with van der Waals surface area (Å²) in [6.07, 6.45) is 16.0. The van der Waals surface area contributed by atoms with Crippen LogP contribution in [0.5, 0.6) is 0 Å². The molecule has 0 heterocycles. The molecule has 1 N–H and O–H groups in total. The number of hydrogen-bond donors (Lipinski definition) is 1. The molecule has 2 nitrogen and oxygen atoms in total. The lowest BCUT2D eigenvalue weighted by atomic mass is 9.42. The van der Waals surface area contributed by atoms with Gasteiger partial charge in [0, 0.05) is 10.8 Å². The molecule has 4 saturated carbocycles. The van der Waals surface area contributed by atoms with Gasteiger partial charge in [-0.25, -0.2) is 0 Å². The first-order valence-electron chi connectivity index (χ1n) is 13.5. The van der Waals surface area contributed by atoms with Gasteiger partial charge in [0.25, 0.3) is 0 Å². The summed E-state index contributed by atoms with van der Waals surface area (Å²) in [6.45, 7) is 16.5. The number of carbonyl (C=O) groups excluding carboxylic acids is 1. The van der Waals surface area contributed by atoms with Gasteiger partial charge in [-0.05, 0) is 118 Å². The van der Waals surface area contributed by atoms with Gasteiger partial charge in [0.2, 0.25) is 5.78 Å². The van der Waals surface area contributed by atoms with E-state index in [4.69, 9.17) is 0 Å². The fourth-order valence-electron chi connectivity index (χ4n) is 10.5. The minimum Gasteiger partial charge on any atom is -0.505 e. The Balaban J connectivity index is 1.45. The number of rotatable bonds is 4. The largest absolute Gasteiger partial charge is 0.505 e. The highest BCUT2D eigenvalue weighted by molar-refractivity contribution is 5.99. The lowest BCUT2D eigenvalue weighted by Gasteiger charge is -2.62. The summed E-state index contributed by atoms with van der Waals surface area (Å²) < 4.78 is 0. The number of carbonyl (C=O) groups is 1. The van der Waals surface area contributed by atoms with Gasteiger partial charge in [0.15, 0.2) is 5.76 Å². The molecule has 4 fully saturated rings. The average molecular weight is 439 g/mol. The smallest absolute Gasteiger partial charge is 0.202 e. The van der Waals surface area contributed by atoms with Crippen molar-refractivity contribution in [2.24, 2.45) is 50.7 Å². The minimum absolute atomic E-state index is 0.0217. The predicted molar refractivity (Wildman–Crippen MR) is 131 cm³/mol. The molecule has 5 aliphatic carbocycles. The summed E-state index contributed by atoms with van der Waals surface area (Å²) >= 11 is 0. The van der Waals surface area contributed by atoms with E-state index < -0.39 is 5.41 Å². The van der Waals surface area contributed by atoms with Gasteiger partial charge in [-0.1, -0.05) is 46.3 Å². The Morgan fingerprint density at radius 3 is 2.44 bits per heavy atom. The van der Waals surface area contributed by atoms with Crippen LogP contribution >= 0.6 is 0 Å². The number of aliphatic hydroxyl groups is 1. The van der Waals surface area contributed by atoms with E-state index in [-0.39, 0.29) is 17.0 Å². The molecular formula is C30H46O2. The molecule has 5 rings (SSSR count). The van der Waals surface area contributed by atoms with Gasteiger partial charge in [-0.2, -0.15) is 0 Å². The maximum absolute atomic E-state index is 12.8. The second-order valence-electron chi connectivity index (χ2n) is 14.0. The molecule has 0 saturated heterocycles. The molecule has 0 aromatic heterocycles. The Morgan fingerprint density at radius 2 is 1.75 bits per heavy atom. The number of ketones is 1. The number of hydrogen-bond acceptors (Lipinski definition) is 2. The van der Waals surface area contributed by atoms with E-state index >= 15 is 0 Å². The van der Waals surface area contributed by atoms with Crippen LogP contribution in [0.4, 0.5) is 0 Å². The standard InChI is InChI=1S/C30H46O2/c1-19(2)9-8-10-20(3)21-13-14-28(7)24-12-11-23-26(4,5)25(32)22(31)17-30(23)18-29(24,30)16-15-27(21,28)6/h9,17,20-21,23-24,31H,8,10-16,18H2,1-7H3/t20-,21-,23+,24+,27-,28+,29+,30-/m1/s1. The number of allylic oxidation sites excluding steroid dienone is 4. The molecule has 0 aromatic rings. The highest BCUT2D eigenvalue weighted by Gasteiger charge is 2.82. The molecule has 2 spiro atoms. The average Bonchev–Trinajstić information content (AvgIpc) is 3.27. The van der Waals surface area contributed by atoms with Crippen LogP contribution in [0.25, 0.3) is 0 Å². The van der Waals surface area contributed by atoms with Crippen molar-refractivity contribution in [1.82, 2.24) is 0 Å². The van der Waals surface area contributed by atoms with Crippen molar-refractivity contribution >= 4 is 5.78 Å². The van der Waals surface area contributed by atoms with Crippen molar-refractivity contribution in [3.8, 4) is 0 Å². The van der Waals surface area contributed by atoms with Crippen LogP contribution in [0.2, 0.25) is 0 Å². The summed E-state index contributed by atoms with van der Waals surface area (Å²) in [4.78, 5) is 12.8. The van der Waals surface area contributed by atoms with Crippen molar-refractivity contribution in [3.05, 3.63) is 23.5 Å². The van der Waals surface area contributed by atoms with Crippen LogP contribution in [0.3, 0.4) is 0 Å². The van der Waals surface area contributed by atoms with Gasteiger partial charge < -0.3 is 5.11 Å². The van der Waals surface area contributed by atoms with Gasteiger partial charge in [-0.3, -0.25) is 4.79 Å². The topological polar surface area (TPSA) is 37.3 Å². The molecule has 32 heavy (non-hydrogen) atoms. The zero-order valence-corrected chi connectivity index (χ0v) is 21.7. The van der Waals surface area contributed by atoms with Crippen LogP contribution in [0.1, 0.15) is 106 Å². The highest BCUT2D eigenvalue weighted by Crippen LogP contribution is 2.88. The van der Waals surface area contributed by atoms with Crippen molar-refractivity contribution < 1.29 is 9.90 Å². The first-order chi connectivity index (χ1) is 14.9. The van der Waals surface area contributed by atoms with Crippen molar-refractivity contribution in [3.63, 3.8) is 0 Å². The third-order valence-electron chi connectivity index (χ3n) is 12.3. The summed E-state index contributed by atoms with van der Waals surface area (Å²) in [6, 6.07) is 0. The zero-order chi connectivity index (χ0) is 23.3. The predicted octanol–water partition coefficient (Wildman–Crippen LogP) is 8.04. The van der Waals surface area contributed by atoms with E-state index in [9.17, 15) is 9.90 Å². The quantitative estimate of drug-likeness (QED) is 0.451. The van der Waals surface area contributed by atoms with Crippen LogP contribution in [-0.4, -0.2) is 10.9 Å². The lowest BCUT2D eigenvalue weighted by Crippen LogP contribution is -2.56. The monoisotopic (exact) mass is 438 g/mol. The van der Waals surface area contributed by atoms with E-state index in [1.807, 2.05) is 0 Å². The molecule has 0 amide bonds. The number of aliphatic hydroxyl groups excluding tert-OH is 1.